The maximum atomic E-state index is 12.7. The number of nitrogen functional groups attached to an aromatic ring is 1. The van der Waals surface area contributed by atoms with Gasteiger partial charge in [0.25, 0.3) is 0 Å². The van der Waals surface area contributed by atoms with Crippen molar-refractivity contribution in [1.82, 2.24) is 4.31 Å². The fraction of sp³-hybridized carbons (Fsp3) is 0.538. The van der Waals surface area contributed by atoms with Gasteiger partial charge in [0.2, 0.25) is 10.0 Å². The number of hydrogen-bond acceptors (Lipinski definition) is 3. The topological polar surface area (TPSA) is 63.4 Å². The Balaban J connectivity index is 2.40. The van der Waals surface area contributed by atoms with E-state index in [1.165, 1.54) is 0 Å². The lowest BCUT2D eigenvalue weighted by molar-refractivity contribution is 0.246. The third kappa shape index (κ3) is 2.95. The Bertz CT molecular complexity index is 560. The van der Waals surface area contributed by atoms with E-state index in [-0.39, 0.29) is 10.9 Å². The summed E-state index contributed by atoms with van der Waals surface area (Å²) in [5, 5.41) is 0. The summed E-state index contributed by atoms with van der Waals surface area (Å²) in [6.07, 6.45) is 3.80. The second-order valence-electron chi connectivity index (χ2n) is 4.86. The lowest BCUT2D eigenvalue weighted by Crippen LogP contribution is -2.43. The SMILES string of the molecule is CCC1CCCCN1S(=O)(=O)c1ccc(Br)cc1N. The van der Waals surface area contributed by atoms with Crippen molar-refractivity contribution in [3.8, 4) is 0 Å². The molecule has 2 rings (SSSR count). The van der Waals surface area contributed by atoms with Crippen molar-refractivity contribution in [3.05, 3.63) is 22.7 Å². The van der Waals surface area contributed by atoms with Crippen LogP contribution in [0.5, 0.6) is 0 Å². The van der Waals surface area contributed by atoms with E-state index < -0.39 is 10.0 Å². The summed E-state index contributed by atoms with van der Waals surface area (Å²) in [6.45, 7) is 2.62. The molecule has 1 fully saturated rings. The average molecular weight is 347 g/mol. The van der Waals surface area contributed by atoms with Crippen LogP contribution in [-0.4, -0.2) is 25.3 Å². The summed E-state index contributed by atoms with van der Waals surface area (Å²) in [4.78, 5) is 0.219. The summed E-state index contributed by atoms with van der Waals surface area (Å²) in [5.41, 5.74) is 6.17. The molecule has 0 aromatic heterocycles. The first-order chi connectivity index (χ1) is 8.96. The molecule has 0 spiro atoms. The molecule has 1 unspecified atom stereocenters. The minimum atomic E-state index is -3.48. The van der Waals surface area contributed by atoms with Crippen molar-refractivity contribution in [1.29, 1.82) is 0 Å². The van der Waals surface area contributed by atoms with Crippen LogP contribution in [-0.2, 0) is 10.0 Å². The number of anilines is 1. The molecule has 1 aliphatic heterocycles. The van der Waals surface area contributed by atoms with Gasteiger partial charge in [0, 0.05) is 17.1 Å². The van der Waals surface area contributed by atoms with E-state index in [0.717, 1.165) is 30.2 Å². The molecule has 0 amide bonds. The normalized spacial score (nSPS) is 21.5. The molecule has 0 bridgehead atoms. The first kappa shape index (κ1) is 14.8. The average Bonchev–Trinajstić information content (AvgIpc) is 2.38. The van der Waals surface area contributed by atoms with Crippen LogP contribution in [0, 0.1) is 0 Å². The third-order valence-corrected chi connectivity index (χ3v) is 6.12. The van der Waals surface area contributed by atoms with Gasteiger partial charge in [0.1, 0.15) is 4.90 Å². The van der Waals surface area contributed by atoms with Crippen LogP contribution in [0.4, 0.5) is 5.69 Å². The van der Waals surface area contributed by atoms with E-state index in [1.807, 2.05) is 6.92 Å². The zero-order chi connectivity index (χ0) is 14.0. The summed E-state index contributed by atoms with van der Waals surface area (Å²) in [6, 6.07) is 5.03. The van der Waals surface area contributed by atoms with Gasteiger partial charge in [0.15, 0.2) is 0 Å². The molecule has 1 saturated heterocycles. The Kier molecular flexibility index (Phi) is 4.53. The van der Waals surface area contributed by atoms with Crippen molar-refractivity contribution >= 4 is 31.6 Å². The molecule has 0 aliphatic carbocycles. The molecule has 1 aromatic rings. The molecule has 1 aromatic carbocycles. The van der Waals surface area contributed by atoms with E-state index in [1.54, 1.807) is 22.5 Å². The third-order valence-electron chi connectivity index (χ3n) is 3.60. The predicted octanol–water partition coefficient (Wildman–Crippen LogP) is 2.98. The molecule has 1 atom stereocenters. The van der Waals surface area contributed by atoms with Gasteiger partial charge < -0.3 is 5.73 Å². The summed E-state index contributed by atoms with van der Waals surface area (Å²) in [5.74, 6) is 0. The van der Waals surface area contributed by atoms with E-state index in [2.05, 4.69) is 15.9 Å². The van der Waals surface area contributed by atoms with Gasteiger partial charge in [-0.2, -0.15) is 4.31 Å². The Labute approximate surface area is 123 Å². The number of benzene rings is 1. The Morgan fingerprint density at radius 1 is 1.42 bits per heavy atom. The van der Waals surface area contributed by atoms with Crippen LogP contribution < -0.4 is 5.73 Å². The number of nitrogens with two attached hydrogens (primary N) is 1. The van der Waals surface area contributed by atoms with Crippen molar-refractivity contribution in [2.75, 3.05) is 12.3 Å². The number of halogens is 1. The Hall–Kier alpha value is -0.590. The van der Waals surface area contributed by atoms with Gasteiger partial charge in [-0.25, -0.2) is 8.42 Å². The van der Waals surface area contributed by atoms with Gasteiger partial charge in [-0.15, -0.1) is 0 Å². The highest BCUT2D eigenvalue weighted by molar-refractivity contribution is 9.10. The zero-order valence-corrected chi connectivity index (χ0v) is 13.4. The van der Waals surface area contributed by atoms with Crippen LogP contribution >= 0.6 is 15.9 Å². The van der Waals surface area contributed by atoms with Crippen LogP contribution in [0.1, 0.15) is 32.6 Å². The summed E-state index contributed by atoms with van der Waals surface area (Å²) < 4.78 is 27.8. The zero-order valence-electron chi connectivity index (χ0n) is 11.0. The molecular formula is C13H19BrN2O2S. The first-order valence-electron chi connectivity index (χ1n) is 6.53. The summed E-state index contributed by atoms with van der Waals surface area (Å²) in [7, 11) is -3.48. The molecular weight excluding hydrogens is 328 g/mol. The molecule has 1 heterocycles. The monoisotopic (exact) mass is 346 g/mol. The Morgan fingerprint density at radius 3 is 2.79 bits per heavy atom. The van der Waals surface area contributed by atoms with Crippen LogP contribution in [0.3, 0.4) is 0 Å². The van der Waals surface area contributed by atoms with Gasteiger partial charge in [0.05, 0.1) is 5.69 Å². The lowest BCUT2D eigenvalue weighted by atomic mass is 10.0. The summed E-state index contributed by atoms with van der Waals surface area (Å²) >= 11 is 3.30. The van der Waals surface area contributed by atoms with Gasteiger partial charge in [-0.05, 0) is 37.5 Å². The number of piperidine rings is 1. The quantitative estimate of drug-likeness (QED) is 0.855. The van der Waals surface area contributed by atoms with E-state index in [9.17, 15) is 8.42 Å². The Morgan fingerprint density at radius 2 is 2.16 bits per heavy atom. The maximum absolute atomic E-state index is 12.7. The molecule has 4 nitrogen and oxygen atoms in total. The molecule has 6 heteroatoms. The van der Waals surface area contributed by atoms with Gasteiger partial charge >= 0.3 is 0 Å². The van der Waals surface area contributed by atoms with Crippen LogP contribution in [0.25, 0.3) is 0 Å². The first-order valence-corrected chi connectivity index (χ1v) is 8.77. The molecule has 19 heavy (non-hydrogen) atoms. The largest absolute Gasteiger partial charge is 0.398 e. The molecule has 2 N–H and O–H groups in total. The number of hydrogen-bond donors (Lipinski definition) is 1. The fourth-order valence-corrected chi connectivity index (χ4v) is 4.82. The van der Waals surface area contributed by atoms with E-state index >= 15 is 0 Å². The minimum Gasteiger partial charge on any atom is -0.398 e. The van der Waals surface area contributed by atoms with Crippen molar-refractivity contribution in [2.24, 2.45) is 0 Å². The smallest absolute Gasteiger partial charge is 0.245 e. The minimum absolute atomic E-state index is 0.0989. The second-order valence-corrected chi connectivity index (χ2v) is 7.63. The van der Waals surface area contributed by atoms with Gasteiger partial charge in [-0.1, -0.05) is 29.3 Å². The van der Waals surface area contributed by atoms with Crippen molar-refractivity contribution in [2.45, 2.75) is 43.5 Å². The number of nitrogens with zero attached hydrogens (tertiary/aromatic N) is 1. The predicted molar refractivity (Wildman–Crippen MR) is 80.4 cm³/mol. The van der Waals surface area contributed by atoms with E-state index in [0.29, 0.717) is 12.2 Å². The van der Waals surface area contributed by atoms with Crippen LogP contribution in [0.2, 0.25) is 0 Å². The standard InChI is InChI=1S/C13H19BrN2O2S/c1-2-11-5-3-4-8-16(11)19(17,18)13-7-6-10(14)9-12(13)15/h6-7,9,11H,2-5,8,15H2,1H3. The second kappa shape index (κ2) is 5.81. The molecule has 106 valence electrons. The molecule has 1 aliphatic rings. The van der Waals surface area contributed by atoms with Gasteiger partial charge in [-0.3, -0.25) is 0 Å². The fourth-order valence-electron chi connectivity index (χ4n) is 2.58. The van der Waals surface area contributed by atoms with Crippen molar-refractivity contribution in [3.63, 3.8) is 0 Å². The molecule has 0 radical (unpaired) electrons. The van der Waals surface area contributed by atoms with Crippen molar-refractivity contribution < 1.29 is 8.42 Å². The maximum Gasteiger partial charge on any atom is 0.245 e. The lowest BCUT2D eigenvalue weighted by Gasteiger charge is -2.34. The highest BCUT2D eigenvalue weighted by Gasteiger charge is 2.33. The number of rotatable bonds is 3. The molecule has 0 saturated carbocycles. The highest BCUT2D eigenvalue weighted by atomic mass is 79.9. The number of sulfonamides is 1. The highest BCUT2D eigenvalue weighted by Crippen LogP contribution is 2.30. The van der Waals surface area contributed by atoms with Crippen LogP contribution in [0.15, 0.2) is 27.6 Å². The van der Waals surface area contributed by atoms with E-state index in [4.69, 9.17) is 5.73 Å².